The number of unbranched alkanes of at least 4 members (excludes halogenated alkanes) is 2. The quantitative estimate of drug-likeness (QED) is 0.397. The fraction of sp³-hybridized carbons (Fsp3) is 0.875. The molecule has 172 valence electrons. The normalized spacial score (nSPS) is 33.9. The summed E-state index contributed by atoms with van der Waals surface area (Å²) in [4.78, 5) is 12.5. The van der Waals surface area contributed by atoms with Gasteiger partial charge in [0.15, 0.2) is 12.6 Å². The van der Waals surface area contributed by atoms with Crippen molar-refractivity contribution in [2.75, 3.05) is 19.8 Å². The van der Waals surface area contributed by atoms with Gasteiger partial charge in [0.05, 0.1) is 18.8 Å². The fourth-order valence-corrected chi connectivity index (χ4v) is 4.66. The van der Waals surface area contributed by atoms with Crippen LogP contribution in [-0.4, -0.2) is 55.5 Å². The molecule has 0 aromatic heterocycles. The summed E-state index contributed by atoms with van der Waals surface area (Å²) < 4.78 is 23.9. The Kier molecular flexibility index (Phi) is 10.3. The van der Waals surface area contributed by atoms with Crippen molar-refractivity contribution in [2.45, 2.75) is 102 Å². The molecule has 3 fully saturated rings. The molecule has 0 aromatic rings. The Morgan fingerprint density at radius 1 is 1.10 bits per heavy atom. The number of hydrogen-bond acceptors (Lipinski definition) is 6. The first kappa shape index (κ1) is 23.9. The Hall–Kier alpha value is -0.790. The second-order valence-corrected chi connectivity index (χ2v) is 8.86. The van der Waals surface area contributed by atoms with Crippen molar-refractivity contribution >= 4 is 5.78 Å². The van der Waals surface area contributed by atoms with Gasteiger partial charge in [0.2, 0.25) is 0 Å². The first-order chi connectivity index (χ1) is 14.7. The Morgan fingerprint density at radius 3 is 2.47 bits per heavy atom. The maximum Gasteiger partial charge on any atom is 0.158 e. The standard InChI is InChI=1S/C24H40O6/c1-2-3-4-9-18(29-23-10-5-7-14-27-23)12-13-19-20(17-25)21(26)16-22(19)30-24-11-6-8-15-28-24/h12-13,18-20,22-25H,2-11,14-17H2,1H3/t18-,19?,20?,22?,23?,24?/m0/s1. The van der Waals surface area contributed by atoms with Gasteiger partial charge < -0.3 is 24.1 Å². The number of hydrogen-bond donors (Lipinski definition) is 1. The number of rotatable bonds is 11. The van der Waals surface area contributed by atoms with E-state index in [0.29, 0.717) is 13.0 Å². The molecular weight excluding hydrogens is 384 g/mol. The predicted octanol–water partition coefficient (Wildman–Crippen LogP) is 4.14. The molecule has 0 aromatic carbocycles. The van der Waals surface area contributed by atoms with Gasteiger partial charge in [-0.15, -0.1) is 0 Å². The minimum Gasteiger partial charge on any atom is -0.396 e. The lowest BCUT2D eigenvalue weighted by Crippen LogP contribution is -2.31. The Morgan fingerprint density at radius 2 is 1.83 bits per heavy atom. The number of Topliss-reactive ketones (excluding diaryl/α,β-unsaturated/α-hetero) is 1. The summed E-state index contributed by atoms with van der Waals surface area (Å²) in [5.74, 6) is -0.471. The van der Waals surface area contributed by atoms with E-state index in [2.05, 4.69) is 19.1 Å². The van der Waals surface area contributed by atoms with E-state index in [1.165, 1.54) is 6.42 Å². The third-order valence-corrected chi connectivity index (χ3v) is 6.48. The van der Waals surface area contributed by atoms with Crippen molar-refractivity contribution < 1.29 is 28.8 Å². The molecule has 6 heteroatoms. The van der Waals surface area contributed by atoms with Crippen LogP contribution in [-0.2, 0) is 23.7 Å². The van der Waals surface area contributed by atoms with Crippen LogP contribution in [0.5, 0.6) is 0 Å². The van der Waals surface area contributed by atoms with Crippen LogP contribution in [0, 0.1) is 11.8 Å². The zero-order chi connectivity index (χ0) is 21.2. The molecule has 0 bridgehead atoms. The molecule has 2 saturated heterocycles. The first-order valence-corrected chi connectivity index (χ1v) is 12.1. The number of aliphatic hydroxyl groups is 1. The Balaban J connectivity index is 1.64. The van der Waals surface area contributed by atoms with Gasteiger partial charge in [-0.2, -0.15) is 0 Å². The van der Waals surface area contributed by atoms with Crippen molar-refractivity contribution in [3.8, 4) is 0 Å². The lowest BCUT2D eigenvalue weighted by molar-refractivity contribution is -0.193. The van der Waals surface area contributed by atoms with Crippen LogP contribution in [0.4, 0.5) is 0 Å². The van der Waals surface area contributed by atoms with E-state index in [1.807, 2.05) is 0 Å². The van der Waals surface area contributed by atoms with Gasteiger partial charge in [-0.25, -0.2) is 0 Å². The minimum atomic E-state index is -0.405. The van der Waals surface area contributed by atoms with E-state index >= 15 is 0 Å². The van der Waals surface area contributed by atoms with Crippen LogP contribution >= 0.6 is 0 Å². The summed E-state index contributed by atoms with van der Waals surface area (Å²) in [6.45, 7) is 3.52. The molecule has 3 rings (SSSR count). The fourth-order valence-electron chi connectivity index (χ4n) is 4.66. The highest BCUT2D eigenvalue weighted by Crippen LogP contribution is 2.35. The topological polar surface area (TPSA) is 74.2 Å². The highest BCUT2D eigenvalue weighted by Gasteiger charge is 2.42. The molecule has 1 N–H and O–H groups in total. The molecule has 6 nitrogen and oxygen atoms in total. The maximum absolute atomic E-state index is 12.5. The van der Waals surface area contributed by atoms with Crippen molar-refractivity contribution in [3.05, 3.63) is 12.2 Å². The van der Waals surface area contributed by atoms with Gasteiger partial charge in [-0.1, -0.05) is 38.3 Å². The molecule has 30 heavy (non-hydrogen) atoms. The second-order valence-electron chi connectivity index (χ2n) is 8.86. The van der Waals surface area contributed by atoms with Gasteiger partial charge in [0, 0.05) is 31.5 Å². The van der Waals surface area contributed by atoms with Crippen molar-refractivity contribution in [1.82, 2.24) is 0 Å². The monoisotopic (exact) mass is 424 g/mol. The number of ketones is 1. The van der Waals surface area contributed by atoms with E-state index in [-0.39, 0.29) is 43.1 Å². The summed E-state index contributed by atoms with van der Waals surface area (Å²) in [5.41, 5.74) is 0. The van der Waals surface area contributed by atoms with E-state index in [9.17, 15) is 9.90 Å². The number of carbonyl (C=O) groups excluding carboxylic acids is 1. The molecule has 1 saturated carbocycles. The summed E-state index contributed by atoms with van der Waals surface area (Å²) in [7, 11) is 0. The Labute approximate surface area is 181 Å². The van der Waals surface area contributed by atoms with Gasteiger partial charge in [-0.3, -0.25) is 4.79 Å². The van der Waals surface area contributed by atoms with Crippen LogP contribution in [0.3, 0.4) is 0 Å². The summed E-state index contributed by atoms with van der Waals surface area (Å²) in [6, 6.07) is 0. The van der Waals surface area contributed by atoms with Crippen LogP contribution < -0.4 is 0 Å². The molecule has 0 radical (unpaired) electrons. The van der Waals surface area contributed by atoms with Crippen molar-refractivity contribution in [3.63, 3.8) is 0 Å². The largest absolute Gasteiger partial charge is 0.396 e. The lowest BCUT2D eigenvalue weighted by atomic mass is 9.93. The van der Waals surface area contributed by atoms with Gasteiger partial charge >= 0.3 is 0 Å². The summed E-state index contributed by atoms with van der Waals surface area (Å²) >= 11 is 0. The maximum atomic E-state index is 12.5. The molecule has 3 aliphatic rings. The molecule has 0 amide bonds. The number of aliphatic hydroxyl groups excluding tert-OH is 1. The lowest BCUT2D eigenvalue weighted by Gasteiger charge is -2.29. The van der Waals surface area contributed by atoms with Gasteiger partial charge in [0.25, 0.3) is 0 Å². The zero-order valence-electron chi connectivity index (χ0n) is 18.5. The SMILES string of the molecule is CCCCC[C@@H](C=CC1C(OC2CCCCO2)CC(=O)C1CO)OC1CCCCO1. The van der Waals surface area contributed by atoms with E-state index < -0.39 is 5.92 Å². The third kappa shape index (κ3) is 7.13. The Bertz CT molecular complexity index is 524. The van der Waals surface area contributed by atoms with Crippen molar-refractivity contribution in [2.24, 2.45) is 11.8 Å². The highest BCUT2D eigenvalue weighted by atomic mass is 16.7. The smallest absolute Gasteiger partial charge is 0.158 e. The van der Waals surface area contributed by atoms with Crippen LogP contribution in [0.25, 0.3) is 0 Å². The molecule has 5 unspecified atom stereocenters. The zero-order valence-corrected chi connectivity index (χ0v) is 18.5. The molecule has 0 spiro atoms. The van der Waals surface area contributed by atoms with Crippen LogP contribution in [0.2, 0.25) is 0 Å². The predicted molar refractivity (Wildman–Crippen MR) is 114 cm³/mol. The molecule has 2 heterocycles. The number of ether oxygens (including phenoxy) is 4. The molecular formula is C24H40O6. The molecule has 6 atom stereocenters. The first-order valence-electron chi connectivity index (χ1n) is 12.1. The van der Waals surface area contributed by atoms with E-state index in [4.69, 9.17) is 18.9 Å². The second kappa shape index (κ2) is 12.9. The molecule has 2 aliphatic heterocycles. The van der Waals surface area contributed by atoms with E-state index in [1.54, 1.807) is 0 Å². The van der Waals surface area contributed by atoms with Crippen molar-refractivity contribution in [1.29, 1.82) is 0 Å². The van der Waals surface area contributed by atoms with Gasteiger partial charge in [0.1, 0.15) is 5.78 Å². The van der Waals surface area contributed by atoms with Gasteiger partial charge in [-0.05, 0) is 44.9 Å². The summed E-state index contributed by atoms with van der Waals surface area (Å²) in [5, 5.41) is 9.84. The van der Waals surface area contributed by atoms with Crippen LogP contribution in [0.1, 0.15) is 77.6 Å². The summed E-state index contributed by atoms with van der Waals surface area (Å²) in [6.07, 6.45) is 14.4. The number of carbonyl (C=O) groups is 1. The average Bonchev–Trinajstić information content (AvgIpc) is 3.07. The third-order valence-electron chi connectivity index (χ3n) is 6.48. The minimum absolute atomic E-state index is 0.0405. The molecule has 1 aliphatic carbocycles. The van der Waals surface area contributed by atoms with E-state index in [0.717, 1.165) is 64.4 Å². The average molecular weight is 425 g/mol. The van der Waals surface area contributed by atoms with Crippen LogP contribution in [0.15, 0.2) is 12.2 Å². The highest BCUT2D eigenvalue weighted by molar-refractivity contribution is 5.84.